The second-order valence-corrected chi connectivity index (χ2v) is 5.65. The van der Waals surface area contributed by atoms with Crippen molar-refractivity contribution in [2.24, 2.45) is 0 Å². The fourth-order valence-electron chi connectivity index (χ4n) is 1.68. The van der Waals surface area contributed by atoms with E-state index in [0.29, 0.717) is 21.7 Å². The number of anilines is 1. The van der Waals surface area contributed by atoms with E-state index in [2.05, 4.69) is 5.32 Å². The fourth-order valence-corrected chi connectivity index (χ4v) is 2.31. The Morgan fingerprint density at radius 2 is 2.05 bits per heavy atom. The Labute approximate surface area is 133 Å². The van der Waals surface area contributed by atoms with Crippen LogP contribution in [-0.2, 0) is 6.54 Å². The van der Waals surface area contributed by atoms with E-state index in [9.17, 15) is 0 Å². The van der Waals surface area contributed by atoms with Crippen molar-refractivity contribution in [2.45, 2.75) is 13.5 Å². The molecule has 106 valence electrons. The van der Waals surface area contributed by atoms with E-state index in [1.165, 1.54) is 0 Å². The summed E-state index contributed by atoms with van der Waals surface area (Å²) in [5, 5.41) is 4.77. The average molecular weight is 329 g/mol. The van der Waals surface area contributed by atoms with Crippen LogP contribution < -0.4 is 5.32 Å². The minimum absolute atomic E-state index is 0.530. The minimum Gasteiger partial charge on any atom is -0.464 e. The Balaban J connectivity index is 2.00. The number of nitrogens with one attached hydrogen (secondary N) is 1. The normalized spacial score (nSPS) is 10.4. The van der Waals surface area contributed by atoms with Gasteiger partial charge in [-0.1, -0.05) is 23.2 Å². The highest BCUT2D eigenvalue weighted by atomic mass is 35.5. The van der Waals surface area contributed by atoms with Crippen LogP contribution >= 0.6 is 35.4 Å². The summed E-state index contributed by atoms with van der Waals surface area (Å²) in [6.45, 7) is 2.50. The summed E-state index contributed by atoms with van der Waals surface area (Å²) in [7, 11) is 1.89. The summed E-state index contributed by atoms with van der Waals surface area (Å²) in [6, 6.07) is 9.08. The van der Waals surface area contributed by atoms with Crippen LogP contribution in [-0.4, -0.2) is 17.1 Å². The number of rotatable bonds is 3. The maximum absolute atomic E-state index is 6.10. The van der Waals surface area contributed by atoms with E-state index in [0.717, 1.165) is 17.2 Å². The second kappa shape index (κ2) is 6.48. The highest BCUT2D eigenvalue weighted by Crippen LogP contribution is 2.25. The molecule has 0 atom stereocenters. The lowest BCUT2D eigenvalue weighted by atomic mass is 10.3. The molecule has 0 bridgehead atoms. The van der Waals surface area contributed by atoms with E-state index in [4.69, 9.17) is 39.8 Å². The van der Waals surface area contributed by atoms with Gasteiger partial charge in [0.05, 0.1) is 17.3 Å². The first-order chi connectivity index (χ1) is 9.45. The molecule has 0 amide bonds. The van der Waals surface area contributed by atoms with E-state index in [-0.39, 0.29) is 0 Å². The highest BCUT2D eigenvalue weighted by Gasteiger charge is 2.10. The van der Waals surface area contributed by atoms with Crippen molar-refractivity contribution in [1.29, 1.82) is 0 Å². The maximum Gasteiger partial charge on any atom is 0.173 e. The van der Waals surface area contributed by atoms with Gasteiger partial charge in [0.1, 0.15) is 11.5 Å². The quantitative estimate of drug-likeness (QED) is 0.825. The molecule has 1 heterocycles. The van der Waals surface area contributed by atoms with Crippen LogP contribution in [0.2, 0.25) is 10.0 Å². The number of benzene rings is 1. The van der Waals surface area contributed by atoms with E-state index < -0.39 is 0 Å². The van der Waals surface area contributed by atoms with Crippen LogP contribution in [0.25, 0.3) is 0 Å². The van der Waals surface area contributed by atoms with Crippen molar-refractivity contribution in [1.82, 2.24) is 4.90 Å². The number of hydrogen-bond donors (Lipinski definition) is 1. The SMILES string of the molecule is Cc1ccc(CN(C)C(=S)Nc2ccc(Cl)cc2Cl)o1. The topological polar surface area (TPSA) is 28.4 Å². The van der Waals surface area contributed by atoms with Crippen LogP contribution in [0, 0.1) is 6.92 Å². The number of halogens is 2. The minimum atomic E-state index is 0.530. The molecule has 0 aliphatic carbocycles. The number of hydrogen-bond acceptors (Lipinski definition) is 2. The first-order valence-corrected chi connectivity index (χ1v) is 7.14. The van der Waals surface area contributed by atoms with Gasteiger partial charge in [0.2, 0.25) is 0 Å². The number of furan rings is 1. The smallest absolute Gasteiger partial charge is 0.173 e. The average Bonchev–Trinajstić information content (AvgIpc) is 2.78. The molecule has 0 spiro atoms. The third-order valence-electron chi connectivity index (χ3n) is 2.71. The molecule has 0 aliphatic heterocycles. The fraction of sp³-hybridized carbons (Fsp3) is 0.214. The summed E-state index contributed by atoms with van der Waals surface area (Å²) in [5.41, 5.74) is 0.726. The number of nitrogens with zero attached hydrogens (tertiary/aromatic N) is 1. The number of aryl methyl sites for hydroxylation is 1. The highest BCUT2D eigenvalue weighted by molar-refractivity contribution is 7.80. The van der Waals surface area contributed by atoms with Crippen LogP contribution in [0.4, 0.5) is 5.69 Å². The summed E-state index contributed by atoms with van der Waals surface area (Å²) >= 11 is 17.3. The molecular weight excluding hydrogens is 315 g/mol. The molecule has 6 heteroatoms. The lowest BCUT2D eigenvalue weighted by Crippen LogP contribution is -2.30. The van der Waals surface area contributed by atoms with Gasteiger partial charge in [0.25, 0.3) is 0 Å². The molecule has 0 fully saturated rings. The lowest BCUT2D eigenvalue weighted by molar-refractivity contribution is 0.403. The molecule has 0 aliphatic rings. The standard InChI is InChI=1S/C14H14Cl2N2OS/c1-9-3-5-11(19-9)8-18(2)14(20)17-13-6-4-10(15)7-12(13)16/h3-7H,8H2,1-2H3,(H,17,20). The first kappa shape index (κ1) is 15.2. The predicted octanol–water partition coefficient (Wildman–Crippen LogP) is 4.72. The van der Waals surface area contributed by atoms with Crippen molar-refractivity contribution in [2.75, 3.05) is 12.4 Å². The van der Waals surface area contributed by atoms with E-state index in [1.54, 1.807) is 18.2 Å². The van der Waals surface area contributed by atoms with Gasteiger partial charge >= 0.3 is 0 Å². The van der Waals surface area contributed by atoms with Crippen LogP contribution in [0.15, 0.2) is 34.7 Å². The molecule has 3 nitrogen and oxygen atoms in total. The van der Waals surface area contributed by atoms with Crippen LogP contribution in [0.1, 0.15) is 11.5 Å². The zero-order valence-electron chi connectivity index (χ0n) is 11.1. The predicted molar refractivity (Wildman–Crippen MR) is 87.6 cm³/mol. The van der Waals surface area contributed by atoms with Crippen molar-refractivity contribution in [3.63, 3.8) is 0 Å². The summed E-state index contributed by atoms with van der Waals surface area (Å²) in [6.07, 6.45) is 0. The molecule has 2 rings (SSSR count). The van der Waals surface area contributed by atoms with Crippen molar-refractivity contribution in [3.8, 4) is 0 Å². The molecule has 1 N–H and O–H groups in total. The third kappa shape index (κ3) is 3.88. The van der Waals surface area contributed by atoms with Gasteiger partial charge in [-0.25, -0.2) is 0 Å². The van der Waals surface area contributed by atoms with Gasteiger partial charge < -0.3 is 14.6 Å². The van der Waals surface area contributed by atoms with Crippen LogP contribution in [0.5, 0.6) is 0 Å². The molecule has 0 saturated carbocycles. The van der Waals surface area contributed by atoms with Crippen molar-refractivity contribution >= 4 is 46.2 Å². The van der Waals surface area contributed by atoms with Crippen molar-refractivity contribution < 1.29 is 4.42 Å². The molecule has 1 aromatic carbocycles. The number of thiocarbonyl (C=S) groups is 1. The Morgan fingerprint density at radius 1 is 1.30 bits per heavy atom. The lowest BCUT2D eigenvalue weighted by Gasteiger charge is -2.20. The summed E-state index contributed by atoms with van der Waals surface area (Å²) < 4.78 is 5.52. The zero-order chi connectivity index (χ0) is 14.7. The maximum atomic E-state index is 6.10. The monoisotopic (exact) mass is 328 g/mol. The molecule has 2 aromatic rings. The first-order valence-electron chi connectivity index (χ1n) is 5.98. The Bertz CT molecular complexity index is 627. The molecular formula is C14H14Cl2N2OS. The second-order valence-electron chi connectivity index (χ2n) is 4.42. The van der Waals surface area contributed by atoms with Gasteiger partial charge in [-0.15, -0.1) is 0 Å². The van der Waals surface area contributed by atoms with Gasteiger partial charge in [0.15, 0.2) is 5.11 Å². The molecule has 0 radical (unpaired) electrons. The largest absolute Gasteiger partial charge is 0.464 e. The molecule has 0 unspecified atom stereocenters. The van der Waals surface area contributed by atoms with Crippen molar-refractivity contribution in [3.05, 3.63) is 51.9 Å². The van der Waals surface area contributed by atoms with Crippen LogP contribution in [0.3, 0.4) is 0 Å². The molecule has 20 heavy (non-hydrogen) atoms. The van der Waals surface area contributed by atoms with Gasteiger partial charge in [0, 0.05) is 12.1 Å². The van der Waals surface area contributed by atoms with E-state index >= 15 is 0 Å². The molecule has 0 saturated heterocycles. The Hall–Kier alpha value is -1.23. The van der Waals surface area contributed by atoms with Gasteiger partial charge in [-0.3, -0.25) is 0 Å². The Morgan fingerprint density at radius 3 is 2.65 bits per heavy atom. The summed E-state index contributed by atoms with van der Waals surface area (Å²) in [4.78, 5) is 1.87. The van der Waals surface area contributed by atoms with Gasteiger partial charge in [-0.2, -0.15) is 0 Å². The summed E-state index contributed by atoms with van der Waals surface area (Å²) in [5.74, 6) is 1.74. The molecule has 1 aromatic heterocycles. The Kier molecular flexibility index (Phi) is 4.91. The van der Waals surface area contributed by atoms with E-state index in [1.807, 2.05) is 31.0 Å². The van der Waals surface area contributed by atoms with Gasteiger partial charge in [-0.05, 0) is 49.5 Å². The zero-order valence-corrected chi connectivity index (χ0v) is 13.4. The third-order valence-corrected chi connectivity index (χ3v) is 3.67.